The zero-order valence-corrected chi connectivity index (χ0v) is 9.41. The molecule has 1 aromatic carbocycles. The minimum Gasteiger partial charge on any atom is -0.387 e. The first kappa shape index (κ1) is 11.2. The maximum Gasteiger partial charge on any atom is 0.0919 e. The predicted molar refractivity (Wildman–Crippen MR) is 59.4 cm³/mol. The van der Waals surface area contributed by atoms with Crippen molar-refractivity contribution in [3.8, 4) is 0 Å². The van der Waals surface area contributed by atoms with E-state index in [2.05, 4.69) is 18.2 Å². The molecule has 0 aromatic heterocycles. The summed E-state index contributed by atoms with van der Waals surface area (Å²) >= 11 is 0. The molecule has 2 heteroatoms. The van der Waals surface area contributed by atoms with Crippen molar-refractivity contribution in [1.29, 1.82) is 0 Å². The molecule has 0 saturated heterocycles. The Kier molecular flexibility index (Phi) is 3.67. The minimum atomic E-state index is -0.384. The Hall–Kier alpha value is -0.860. The third kappa shape index (κ3) is 2.82. The first-order valence-corrected chi connectivity index (χ1v) is 4.90. The van der Waals surface area contributed by atoms with Gasteiger partial charge in [-0.25, -0.2) is 0 Å². The number of likely N-dealkylation sites (N-methyl/N-ethyl adjacent to an activating group) is 1. The minimum absolute atomic E-state index is 0.384. The fourth-order valence-corrected chi connectivity index (χ4v) is 1.56. The van der Waals surface area contributed by atoms with E-state index in [-0.39, 0.29) is 6.10 Å². The summed E-state index contributed by atoms with van der Waals surface area (Å²) in [5.41, 5.74) is 3.40. The smallest absolute Gasteiger partial charge is 0.0919 e. The highest BCUT2D eigenvalue weighted by Gasteiger charge is 2.10. The van der Waals surface area contributed by atoms with E-state index in [0.29, 0.717) is 6.54 Å². The summed E-state index contributed by atoms with van der Waals surface area (Å²) in [5, 5.41) is 9.95. The molecule has 1 N–H and O–H groups in total. The van der Waals surface area contributed by atoms with Crippen LogP contribution in [0.2, 0.25) is 0 Å². The molecule has 2 nitrogen and oxygen atoms in total. The second-order valence-electron chi connectivity index (χ2n) is 4.14. The Morgan fingerprint density at radius 2 is 1.93 bits per heavy atom. The van der Waals surface area contributed by atoms with Gasteiger partial charge < -0.3 is 10.0 Å². The molecule has 0 aliphatic rings. The number of aryl methyl sites for hydroxylation is 2. The monoisotopic (exact) mass is 193 g/mol. The molecule has 14 heavy (non-hydrogen) atoms. The molecule has 1 aromatic rings. The largest absolute Gasteiger partial charge is 0.387 e. The van der Waals surface area contributed by atoms with E-state index in [9.17, 15) is 5.11 Å². The summed E-state index contributed by atoms with van der Waals surface area (Å²) in [6.45, 7) is 4.75. The summed E-state index contributed by atoms with van der Waals surface area (Å²) in [6, 6.07) is 6.19. The van der Waals surface area contributed by atoms with Crippen molar-refractivity contribution in [2.75, 3.05) is 20.6 Å². The van der Waals surface area contributed by atoms with Gasteiger partial charge in [-0.2, -0.15) is 0 Å². The van der Waals surface area contributed by atoms with Gasteiger partial charge >= 0.3 is 0 Å². The topological polar surface area (TPSA) is 23.5 Å². The predicted octanol–water partition coefficient (Wildman–Crippen LogP) is 1.90. The Bertz CT molecular complexity index is 307. The van der Waals surface area contributed by atoms with Crippen LogP contribution in [-0.4, -0.2) is 30.6 Å². The Balaban J connectivity index is 2.88. The number of aliphatic hydroxyl groups excluding tert-OH is 1. The lowest BCUT2D eigenvalue weighted by molar-refractivity contribution is 0.138. The van der Waals surface area contributed by atoms with Gasteiger partial charge in [0.15, 0.2) is 0 Å². The molecule has 0 aliphatic heterocycles. The zero-order valence-electron chi connectivity index (χ0n) is 9.41. The zero-order chi connectivity index (χ0) is 10.7. The van der Waals surface area contributed by atoms with Crippen LogP contribution in [0.15, 0.2) is 18.2 Å². The van der Waals surface area contributed by atoms with E-state index in [4.69, 9.17) is 0 Å². The van der Waals surface area contributed by atoms with Crippen LogP contribution in [0.5, 0.6) is 0 Å². The van der Waals surface area contributed by atoms with Crippen molar-refractivity contribution in [3.63, 3.8) is 0 Å². The quantitative estimate of drug-likeness (QED) is 0.792. The number of hydrogen-bond donors (Lipinski definition) is 1. The SMILES string of the molecule is Cc1ccc(C)c(C(O)CN(C)C)c1. The normalized spacial score (nSPS) is 13.3. The number of hydrogen-bond acceptors (Lipinski definition) is 2. The van der Waals surface area contributed by atoms with Crippen molar-refractivity contribution >= 4 is 0 Å². The van der Waals surface area contributed by atoms with E-state index >= 15 is 0 Å². The Morgan fingerprint density at radius 3 is 2.50 bits per heavy atom. The van der Waals surface area contributed by atoms with Gasteiger partial charge in [-0.3, -0.25) is 0 Å². The lowest BCUT2D eigenvalue weighted by atomic mass is 10.0. The lowest BCUT2D eigenvalue weighted by Crippen LogP contribution is -2.20. The molecular formula is C12H19NO. The molecule has 0 fully saturated rings. The Morgan fingerprint density at radius 1 is 1.29 bits per heavy atom. The molecule has 78 valence electrons. The van der Waals surface area contributed by atoms with Crippen LogP contribution < -0.4 is 0 Å². The summed E-state index contributed by atoms with van der Waals surface area (Å²) in [7, 11) is 3.93. The molecule has 0 heterocycles. The lowest BCUT2D eigenvalue weighted by Gasteiger charge is -2.18. The average Bonchev–Trinajstić information content (AvgIpc) is 2.08. The average molecular weight is 193 g/mol. The van der Waals surface area contributed by atoms with Crippen LogP contribution in [0.4, 0.5) is 0 Å². The maximum absolute atomic E-state index is 9.95. The highest BCUT2D eigenvalue weighted by molar-refractivity contribution is 5.32. The molecule has 0 amide bonds. The van der Waals surface area contributed by atoms with Crippen LogP contribution in [0.25, 0.3) is 0 Å². The highest BCUT2D eigenvalue weighted by atomic mass is 16.3. The van der Waals surface area contributed by atoms with Gasteiger partial charge in [-0.1, -0.05) is 23.8 Å². The number of nitrogens with zero attached hydrogens (tertiary/aromatic N) is 1. The fraction of sp³-hybridized carbons (Fsp3) is 0.500. The van der Waals surface area contributed by atoms with E-state index < -0.39 is 0 Å². The molecular weight excluding hydrogens is 174 g/mol. The van der Waals surface area contributed by atoms with Crippen LogP contribution >= 0.6 is 0 Å². The third-order valence-electron chi connectivity index (χ3n) is 2.33. The van der Waals surface area contributed by atoms with Crippen LogP contribution in [0.3, 0.4) is 0 Å². The van der Waals surface area contributed by atoms with Crippen molar-refractivity contribution in [2.45, 2.75) is 20.0 Å². The second-order valence-corrected chi connectivity index (χ2v) is 4.14. The van der Waals surface area contributed by atoms with Gasteiger partial charge in [0.2, 0.25) is 0 Å². The van der Waals surface area contributed by atoms with Gasteiger partial charge in [0.05, 0.1) is 6.10 Å². The van der Waals surface area contributed by atoms with Gasteiger partial charge in [0.25, 0.3) is 0 Å². The van der Waals surface area contributed by atoms with Crippen molar-refractivity contribution in [1.82, 2.24) is 4.90 Å². The molecule has 0 spiro atoms. The molecule has 0 bridgehead atoms. The van der Waals surface area contributed by atoms with Crippen molar-refractivity contribution in [3.05, 3.63) is 34.9 Å². The van der Waals surface area contributed by atoms with Gasteiger partial charge in [0, 0.05) is 6.54 Å². The standard InChI is InChI=1S/C12H19NO/c1-9-5-6-10(2)11(7-9)12(14)8-13(3)4/h5-7,12,14H,8H2,1-4H3. The van der Waals surface area contributed by atoms with Crippen molar-refractivity contribution in [2.24, 2.45) is 0 Å². The third-order valence-corrected chi connectivity index (χ3v) is 2.33. The first-order valence-electron chi connectivity index (χ1n) is 4.90. The van der Waals surface area contributed by atoms with Gasteiger partial charge in [0.1, 0.15) is 0 Å². The maximum atomic E-state index is 9.95. The van der Waals surface area contributed by atoms with Crippen LogP contribution in [0, 0.1) is 13.8 Å². The fourth-order valence-electron chi connectivity index (χ4n) is 1.56. The van der Waals surface area contributed by atoms with Gasteiger partial charge in [-0.15, -0.1) is 0 Å². The van der Waals surface area contributed by atoms with Crippen LogP contribution in [-0.2, 0) is 0 Å². The molecule has 1 unspecified atom stereocenters. The van der Waals surface area contributed by atoms with E-state index in [0.717, 1.165) is 11.1 Å². The van der Waals surface area contributed by atoms with E-state index in [1.54, 1.807) is 0 Å². The summed E-state index contributed by atoms with van der Waals surface area (Å²) in [4.78, 5) is 1.99. The molecule has 0 radical (unpaired) electrons. The van der Waals surface area contributed by atoms with Crippen molar-refractivity contribution < 1.29 is 5.11 Å². The molecule has 1 atom stereocenters. The number of rotatable bonds is 3. The van der Waals surface area contributed by atoms with Gasteiger partial charge in [-0.05, 0) is 39.1 Å². The second kappa shape index (κ2) is 4.58. The summed E-state index contributed by atoms with van der Waals surface area (Å²) < 4.78 is 0. The van der Waals surface area contributed by atoms with E-state index in [1.807, 2.05) is 32.8 Å². The summed E-state index contributed by atoms with van der Waals surface area (Å²) in [5.74, 6) is 0. The highest BCUT2D eigenvalue weighted by Crippen LogP contribution is 2.19. The number of benzene rings is 1. The van der Waals surface area contributed by atoms with Crippen LogP contribution in [0.1, 0.15) is 22.8 Å². The number of aliphatic hydroxyl groups is 1. The molecule has 1 rings (SSSR count). The molecule has 0 aliphatic carbocycles. The summed E-state index contributed by atoms with van der Waals surface area (Å²) in [6.07, 6.45) is -0.384. The first-order chi connectivity index (χ1) is 6.50. The molecule has 0 saturated carbocycles. The van der Waals surface area contributed by atoms with E-state index in [1.165, 1.54) is 5.56 Å². The Labute approximate surface area is 86.2 Å².